The average Bonchev–Trinajstić information content (AvgIpc) is 1.95. The molecule has 3 unspecified atom stereocenters. The minimum absolute atomic E-state index is 0.513. The molecule has 10 heavy (non-hydrogen) atoms. The Balaban J connectivity index is 2.71. The standard InChI is InChI=1S/C9H18S/c1-6-7(2)9(4,5)10-8(6)3/h6-8H,1-5H3. The van der Waals surface area contributed by atoms with Crippen molar-refractivity contribution < 1.29 is 0 Å². The highest BCUT2D eigenvalue weighted by molar-refractivity contribution is 8.01. The number of thioether (sulfide) groups is 1. The maximum Gasteiger partial charge on any atom is 0.0134 e. The molecule has 0 bridgehead atoms. The van der Waals surface area contributed by atoms with Gasteiger partial charge in [0.2, 0.25) is 0 Å². The lowest BCUT2D eigenvalue weighted by Gasteiger charge is -2.23. The van der Waals surface area contributed by atoms with Crippen molar-refractivity contribution in [3.8, 4) is 0 Å². The van der Waals surface area contributed by atoms with Gasteiger partial charge in [0, 0.05) is 10.00 Å². The van der Waals surface area contributed by atoms with Gasteiger partial charge in [-0.3, -0.25) is 0 Å². The maximum atomic E-state index is 2.38. The Morgan fingerprint density at radius 3 is 1.70 bits per heavy atom. The van der Waals surface area contributed by atoms with Crippen molar-refractivity contribution in [2.24, 2.45) is 11.8 Å². The lowest BCUT2D eigenvalue weighted by atomic mass is 9.85. The molecule has 0 nitrogen and oxygen atoms in total. The van der Waals surface area contributed by atoms with E-state index in [4.69, 9.17) is 0 Å². The summed E-state index contributed by atoms with van der Waals surface area (Å²) >= 11 is 2.14. The first kappa shape index (κ1) is 8.45. The topological polar surface area (TPSA) is 0 Å². The highest BCUT2D eigenvalue weighted by Gasteiger charge is 2.41. The Hall–Kier alpha value is 0.350. The molecule has 1 heteroatoms. The van der Waals surface area contributed by atoms with Crippen LogP contribution in [0.2, 0.25) is 0 Å². The van der Waals surface area contributed by atoms with Crippen LogP contribution in [-0.2, 0) is 0 Å². The third kappa shape index (κ3) is 1.20. The molecule has 1 rings (SSSR count). The number of hydrogen-bond donors (Lipinski definition) is 0. The molecule has 0 aromatic heterocycles. The summed E-state index contributed by atoms with van der Waals surface area (Å²) in [6.07, 6.45) is 0. The van der Waals surface area contributed by atoms with Gasteiger partial charge < -0.3 is 0 Å². The first-order valence-electron chi connectivity index (χ1n) is 4.13. The summed E-state index contributed by atoms with van der Waals surface area (Å²) in [5.41, 5.74) is 0. The molecule has 0 saturated carbocycles. The molecule has 1 aliphatic heterocycles. The quantitative estimate of drug-likeness (QED) is 0.522. The molecule has 0 spiro atoms. The minimum Gasteiger partial charge on any atom is -0.152 e. The molecule has 0 N–H and O–H groups in total. The van der Waals surface area contributed by atoms with Crippen LogP contribution in [0.4, 0.5) is 0 Å². The van der Waals surface area contributed by atoms with Crippen molar-refractivity contribution in [2.75, 3.05) is 0 Å². The van der Waals surface area contributed by atoms with Crippen LogP contribution in [0.5, 0.6) is 0 Å². The molecule has 0 aromatic rings. The van der Waals surface area contributed by atoms with Crippen LogP contribution in [0.15, 0.2) is 0 Å². The van der Waals surface area contributed by atoms with Gasteiger partial charge in [-0.05, 0) is 11.8 Å². The van der Waals surface area contributed by atoms with Crippen LogP contribution < -0.4 is 0 Å². The first-order chi connectivity index (χ1) is 4.45. The van der Waals surface area contributed by atoms with Crippen LogP contribution in [0, 0.1) is 11.8 Å². The molecule has 1 fully saturated rings. The van der Waals surface area contributed by atoms with Crippen molar-refractivity contribution in [1.82, 2.24) is 0 Å². The van der Waals surface area contributed by atoms with Crippen LogP contribution in [0.3, 0.4) is 0 Å². The molecular formula is C9H18S. The smallest absolute Gasteiger partial charge is 0.0134 e. The summed E-state index contributed by atoms with van der Waals surface area (Å²) in [6.45, 7) is 11.8. The van der Waals surface area contributed by atoms with Crippen LogP contribution in [-0.4, -0.2) is 10.00 Å². The van der Waals surface area contributed by atoms with Gasteiger partial charge in [0.05, 0.1) is 0 Å². The zero-order chi connectivity index (χ0) is 7.94. The molecule has 0 radical (unpaired) electrons. The summed E-state index contributed by atoms with van der Waals surface area (Å²) < 4.78 is 0.513. The molecule has 1 aliphatic rings. The second-order valence-electron chi connectivity index (χ2n) is 4.07. The fourth-order valence-electron chi connectivity index (χ4n) is 1.73. The lowest BCUT2D eigenvalue weighted by molar-refractivity contribution is 0.354. The highest BCUT2D eigenvalue weighted by Crippen LogP contribution is 2.49. The van der Waals surface area contributed by atoms with E-state index in [1.165, 1.54) is 0 Å². The zero-order valence-corrected chi connectivity index (χ0v) is 8.46. The molecule has 0 amide bonds. The molecule has 0 aliphatic carbocycles. The zero-order valence-electron chi connectivity index (χ0n) is 7.64. The molecule has 1 saturated heterocycles. The number of rotatable bonds is 0. The fourth-order valence-corrected chi connectivity index (χ4v) is 3.57. The second kappa shape index (κ2) is 2.44. The van der Waals surface area contributed by atoms with Crippen molar-refractivity contribution in [1.29, 1.82) is 0 Å². The minimum atomic E-state index is 0.513. The monoisotopic (exact) mass is 158 g/mol. The summed E-state index contributed by atoms with van der Waals surface area (Å²) in [4.78, 5) is 0. The van der Waals surface area contributed by atoms with E-state index in [1.54, 1.807) is 0 Å². The normalized spacial score (nSPS) is 45.9. The van der Waals surface area contributed by atoms with Gasteiger partial charge in [0.25, 0.3) is 0 Å². The maximum absolute atomic E-state index is 2.38. The SMILES string of the molecule is CC1SC(C)(C)C(C)C1C. The molecular weight excluding hydrogens is 140 g/mol. The summed E-state index contributed by atoms with van der Waals surface area (Å²) in [5, 5.41) is 0.852. The van der Waals surface area contributed by atoms with Crippen LogP contribution in [0.25, 0.3) is 0 Å². The fraction of sp³-hybridized carbons (Fsp3) is 1.00. The van der Waals surface area contributed by atoms with Crippen molar-refractivity contribution in [2.45, 2.75) is 44.6 Å². The average molecular weight is 158 g/mol. The van der Waals surface area contributed by atoms with Crippen LogP contribution in [0.1, 0.15) is 34.6 Å². The van der Waals surface area contributed by atoms with Gasteiger partial charge in [-0.2, -0.15) is 11.8 Å². The Kier molecular flexibility index (Phi) is 2.06. The predicted octanol–water partition coefficient (Wildman–Crippen LogP) is 3.17. The Labute approximate surface area is 68.8 Å². The lowest BCUT2D eigenvalue weighted by Crippen LogP contribution is -2.22. The Morgan fingerprint density at radius 1 is 1.10 bits per heavy atom. The van der Waals surface area contributed by atoms with E-state index in [0.29, 0.717) is 4.75 Å². The first-order valence-corrected chi connectivity index (χ1v) is 5.01. The summed E-state index contributed by atoms with van der Waals surface area (Å²) in [5.74, 6) is 1.76. The van der Waals surface area contributed by atoms with Crippen LogP contribution >= 0.6 is 11.8 Å². The van der Waals surface area contributed by atoms with E-state index in [2.05, 4.69) is 46.4 Å². The molecule has 3 atom stereocenters. The van der Waals surface area contributed by atoms with Crippen molar-refractivity contribution in [3.05, 3.63) is 0 Å². The molecule has 1 heterocycles. The second-order valence-corrected chi connectivity index (χ2v) is 6.11. The van der Waals surface area contributed by atoms with E-state index >= 15 is 0 Å². The van der Waals surface area contributed by atoms with Gasteiger partial charge in [-0.1, -0.05) is 34.6 Å². The van der Waals surface area contributed by atoms with Gasteiger partial charge in [0.1, 0.15) is 0 Å². The van der Waals surface area contributed by atoms with Gasteiger partial charge in [0.15, 0.2) is 0 Å². The summed E-state index contributed by atoms with van der Waals surface area (Å²) in [7, 11) is 0. The van der Waals surface area contributed by atoms with E-state index in [9.17, 15) is 0 Å². The predicted molar refractivity (Wildman–Crippen MR) is 49.5 cm³/mol. The van der Waals surface area contributed by atoms with E-state index < -0.39 is 0 Å². The molecule has 0 aromatic carbocycles. The Morgan fingerprint density at radius 2 is 1.60 bits per heavy atom. The summed E-state index contributed by atoms with van der Waals surface area (Å²) in [6, 6.07) is 0. The van der Waals surface area contributed by atoms with Gasteiger partial charge in [-0.25, -0.2) is 0 Å². The van der Waals surface area contributed by atoms with E-state index in [-0.39, 0.29) is 0 Å². The largest absolute Gasteiger partial charge is 0.152 e. The Bertz CT molecular complexity index is 129. The van der Waals surface area contributed by atoms with Crippen molar-refractivity contribution >= 4 is 11.8 Å². The molecule has 60 valence electrons. The van der Waals surface area contributed by atoms with Gasteiger partial charge in [-0.15, -0.1) is 0 Å². The highest BCUT2D eigenvalue weighted by atomic mass is 32.2. The van der Waals surface area contributed by atoms with Gasteiger partial charge >= 0.3 is 0 Å². The third-order valence-electron chi connectivity index (χ3n) is 3.12. The number of hydrogen-bond acceptors (Lipinski definition) is 1. The third-order valence-corrected chi connectivity index (χ3v) is 4.90. The van der Waals surface area contributed by atoms with Crippen molar-refractivity contribution in [3.63, 3.8) is 0 Å². The van der Waals surface area contributed by atoms with E-state index in [1.807, 2.05) is 0 Å². The van der Waals surface area contributed by atoms with E-state index in [0.717, 1.165) is 17.1 Å².